The fourth-order valence-electron chi connectivity index (χ4n) is 3.53. The molecule has 2 aromatic heterocycles. The Morgan fingerprint density at radius 2 is 1.97 bits per heavy atom. The van der Waals surface area contributed by atoms with E-state index in [9.17, 15) is 4.79 Å². The number of hydrogen-bond donors (Lipinski definition) is 0. The first-order chi connectivity index (χ1) is 14.7. The van der Waals surface area contributed by atoms with Crippen LogP contribution in [0.4, 0.5) is 0 Å². The number of amides is 1. The van der Waals surface area contributed by atoms with Crippen LogP contribution in [0.15, 0.2) is 46.3 Å². The number of rotatable bonds is 8. The van der Waals surface area contributed by atoms with Gasteiger partial charge >= 0.3 is 0 Å². The standard InChI is InChI=1S/C22H26N4O3S/c1-2-28-18-9-7-17(8-10-18)22(27)26-14-12-25(13-15-26)11-3-6-20-23-21(24-29-20)19-5-4-16-30-19/h4-5,7-10,16H,2-3,6,11-15H2,1H3. The summed E-state index contributed by atoms with van der Waals surface area (Å²) in [7, 11) is 0. The number of ether oxygens (including phenoxy) is 1. The molecule has 1 aliphatic heterocycles. The minimum Gasteiger partial charge on any atom is -0.494 e. The Morgan fingerprint density at radius 3 is 2.67 bits per heavy atom. The molecule has 0 atom stereocenters. The quantitative estimate of drug-likeness (QED) is 0.548. The molecule has 0 N–H and O–H groups in total. The number of piperazine rings is 1. The molecule has 1 aliphatic rings. The van der Waals surface area contributed by atoms with Crippen molar-refractivity contribution in [1.29, 1.82) is 0 Å². The molecule has 3 aromatic rings. The van der Waals surface area contributed by atoms with Gasteiger partial charge in [-0.05, 0) is 55.6 Å². The number of thiophene rings is 1. The molecule has 1 fully saturated rings. The topological polar surface area (TPSA) is 71.7 Å². The van der Waals surface area contributed by atoms with Crippen molar-refractivity contribution in [3.05, 3.63) is 53.2 Å². The van der Waals surface area contributed by atoms with Crippen molar-refractivity contribution in [2.24, 2.45) is 0 Å². The van der Waals surface area contributed by atoms with Gasteiger partial charge in [0.2, 0.25) is 11.7 Å². The third-order valence-corrected chi connectivity index (χ3v) is 6.01. The van der Waals surface area contributed by atoms with Gasteiger partial charge in [-0.2, -0.15) is 4.98 Å². The first-order valence-electron chi connectivity index (χ1n) is 10.3. The van der Waals surface area contributed by atoms with Gasteiger partial charge in [0, 0.05) is 38.2 Å². The van der Waals surface area contributed by atoms with E-state index in [4.69, 9.17) is 9.26 Å². The molecule has 0 unspecified atom stereocenters. The lowest BCUT2D eigenvalue weighted by molar-refractivity contribution is 0.0635. The van der Waals surface area contributed by atoms with Crippen LogP contribution in [-0.4, -0.2) is 65.2 Å². The van der Waals surface area contributed by atoms with Crippen molar-refractivity contribution in [1.82, 2.24) is 19.9 Å². The van der Waals surface area contributed by atoms with Crippen molar-refractivity contribution in [3.63, 3.8) is 0 Å². The van der Waals surface area contributed by atoms with Crippen molar-refractivity contribution < 1.29 is 14.1 Å². The second kappa shape index (κ2) is 9.86. The highest BCUT2D eigenvalue weighted by Gasteiger charge is 2.22. The average molecular weight is 427 g/mol. The minimum absolute atomic E-state index is 0.0877. The lowest BCUT2D eigenvalue weighted by Gasteiger charge is -2.34. The molecule has 0 saturated carbocycles. The summed E-state index contributed by atoms with van der Waals surface area (Å²) in [5, 5.41) is 6.06. The van der Waals surface area contributed by atoms with E-state index in [0.717, 1.165) is 56.2 Å². The molecule has 8 heteroatoms. The Hall–Kier alpha value is -2.71. The van der Waals surface area contributed by atoms with E-state index in [2.05, 4.69) is 15.0 Å². The first kappa shape index (κ1) is 20.6. The smallest absolute Gasteiger partial charge is 0.253 e. The van der Waals surface area contributed by atoms with E-state index in [-0.39, 0.29) is 5.91 Å². The minimum atomic E-state index is 0.0877. The maximum Gasteiger partial charge on any atom is 0.253 e. The highest BCUT2D eigenvalue weighted by molar-refractivity contribution is 7.13. The summed E-state index contributed by atoms with van der Waals surface area (Å²) in [5.74, 6) is 2.23. The molecule has 0 spiro atoms. The van der Waals surface area contributed by atoms with Gasteiger partial charge in [-0.1, -0.05) is 11.2 Å². The number of nitrogens with zero attached hydrogens (tertiary/aromatic N) is 4. The van der Waals surface area contributed by atoms with Crippen LogP contribution in [-0.2, 0) is 6.42 Å². The molecule has 0 bridgehead atoms. The molecule has 0 radical (unpaired) electrons. The van der Waals surface area contributed by atoms with Gasteiger partial charge in [0.25, 0.3) is 5.91 Å². The molecule has 0 aliphatic carbocycles. The molecule has 7 nitrogen and oxygen atoms in total. The molecular weight excluding hydrogens is 400 g/mol. The summed E-state index contributed by atoms with van der Waals surface area (Å²) in [6.07, 6.45) is 1.72. The van der Waals surface area contributed by atoms with Gasteiger partial charge < -0.3 is 14.2 Å². The fraction of sp³-hybridized carbons (Fsp3) is 0.409. The lowest BCUT2D eigenvalue weighted by atomic mass is 10.1. The molecule has 4 rings (SSSR count). The zero-order valence-corrected chi connectivity index (χ0v) is 17.9. The molecular formula is C22H26N4O3S. The zero-order valence-electron chi connectivity index (χ0n) is 17.1. The van der Waals surface area contributed by atoms with Crippen molar-refractivity contribution >= 4 is 17.2 Å². The Labute approximate surface area is 180 Å². The molecule has 158 valence electrons. The largest absolute Gasteiger partial charge is 0.494 e. The fourth-order valence-corrected chi connectivity index (χ4v) is 4.18. The van der Waals surface area contributed by atoms with Gasteiger partial charge in [-0.25, -0.2) is 0 Å². The second-order valence-corrected chi connectivity index (χ2v) is 8.13. The van der Waals surface area contributed by atoms with Crippen LogP contribution in [0.1, 0.15) is 29.6 Å². The second-order valence-electron chi connectivity index (χ2n) is 7.18. The number of aryl methyl sites for hydroxylation is 1. The summed E-state index contributed by atoms with van der Waals surface area (Å²) in [5.41, 5.74) is 0.713. The summed E-state index contributed by atoms with van der Waals surface area (Å²) < 4.78 is 10.8. The average Bonchev–Trinajstić information content (AvgIpc) is 3.47. The van der Waals surface area contributed by atoms with Gasteiger partial charge in [0.15, 0.2) is 0 Å². The van der Waals surface area contributed by atoms with Crippen LogP contribution in [0.5, 0.6) is 5.75 Å². The molecule has 1 saturated heterocycles. The van der Waals surface area contributed by atoms with Crippen LogP contribution in [0.2, 0.25) is 0 Å². The monoisotopic (exact) mass is 426 g/mol. The summed E-state index contributed by atoms with van der Waals surface area (Å²) in [6, 6.07) is 11.4. The van der Waals surface area contributed by atoms with Crippen LogP contribution in [0, 0.1) is 0 Å². The number of carbonyl (C=O) groups excluding carboxylic acids is 1. The van der Waals surface area contributed by atoms with Gasteiger partial charge in [0.05, 0.1) is 11.5 Å². The normalized spacial score (nSPS) is 14.8. The number of benzene rings is 1. The third-order valence-electron chi connectivity index (χ3n) is 5.15. The molecule has 1 aromatic carbocycles. The van der Waals surface area contributed by atoms with Crippen LogP contribution in [0.3, 0.4) is 0 Å². The van der Waals surface area contributed by atoms with Crippen LogP contribution >= 0.6 is 11.3 Å². The first-order valence-corrected chi connectivity index (χ1v) is 11.2. The summed E-state index contributed by atoms with van der Waals surface area (Å²) in [4.78, 5) is 22.5. The van der Waals surface area contributed by atoms with E-state index < -0.39 is 0 Å². The van der Waals surface area contributed by atoms with E-state index in [1.807, 2.05) is 53.6 Å². The van der Waals surface area contributed by atoms with Gasteiger partial charge in [-0.15, -0.1) is 11.3 Å². The van der Waals surface area contributed by atoms with Crippen LogP contribution < -0.4 is 4.74 Å². The maximum absolute atomic E-state index is 12.7. The zero-order chi connectivity index (χ0) is 20.8. The Balaban J connectivity index is 1.20. The highest BCUT2D eigenvalue weighted by atomic mass is 32.1. The molecule has 1 amide bonds. The van der Waals surface area contributed by atoms with Gasteiger partial charge in [0.1, 0.15) is 5.75 Å². The Morgan fingerprint density at radius 1 is 1.17 bits per heavy atom. The van der Waals surface area contributed by atoms with Crippen molar-refractivity contribution in [3.8, 4) is 16.5 Å². The van der Waals surface area contributed by atoms with E-state index in [1.54, 1.807) is 11.3 Å². The van der Waals surface area contributed by atoms with E-state index in [1.165, 1.54) is 0 Å². The maximum atomic E-state index is 12.7. The summed E-state index contributed by atoms with van der Waals surface area (Å²) in [6.45, 7) is 6.78. The van der Waals surface area contributed by atoms with Gasteiger partial charge in [-0.3, -0.25) is 9.69 Å². The number of hydrogen-bond acceptors (Lipinski definition) is 7. The number of carbonyl (C=O) groups is 1. The summed E-state index contributed by atoms with van der Waals surface area (Å²) >= 11 is 1.61. The Kier molecular flexibility index (Phi) is 6.76. The number of aromatic nitrogens is 2. The van der Waals surface area contributed by atoms with Crippen molar-refractivity contribution in [2.45, 2.75) is 19.8 Å². The van der Waals surface area contributed by atoms with Crippen molar-refractivity contribution in [2.75, 3.05) is 39.3 Å². The SMILES string of the molecule is CCOc1ccc(C(=O)N2CCN(CCCc3nc(-c4cccs4)no3)CC2)cc1. The van der Waals surface area contributed by atoms with Crippen LogP contribution in [0.25, 0.3) is 10.7 Å². The Bertz CT molecular complexity index is 932. The highest BCUT2D eigenvalue weighted by Crippen LogP contribution is 2.21. The van der Waals surface area contributed by atoms with E-state index in [0.29, 0.717) is 23.9 Å². The molecule has 30 heavy (non-hydrogen) atoms. The van der Waals surface area contributed by atoms with E-state index >= 15 is 0 Å². The predicted molar refractivity (Wildman–Crippen MR) is 116 cm³/mol. The lowest BCUT2D eigenvalue weighted by Crippen LogP contribution is -2.48. The predicted octanol–water partition coefficient (Wildman–Crippen LogP) is 3.59. The third kappa shape index (κ3) is 5.06. The molecule has 3 heterocycles.